The fourth-order valence-corrected chi connectivity index (χ4v) is 5.15. The average Bonchev–Trinajstić information content (AvgIpc) is 3.34. The third-order valence-electron chi connectivity index (χ3n) is 5.57. The number of rotatable bonds is 4. The largest absolute Gasteiger partial charge is 0.487 e. The van der Waals surface area contributed by atoms with Crippen LogP contribution in [0.25, 0.3) is 37.3 Å². The Labute approximate surface area is 189 Å². The molecular weight excluding hydrogens is 416 g/mol. The van der Waals surface area contributed by atoms with Crippen molar-refractivity contribution in [2.24, 2.45) is 0 Å². The van der Waals surface area contributed by atoms with E-state index >= 15 is 0 Å². The van der Waals surface area contributed by atoms with Gasteiger partial charge in [0.25, 0.3) is 0 Å². The number of aryl methyl sites for hydroxylation is 2. The Morgan fingerprint density at radius 2 is 1.84 bits per heavy atom. The standard InChI is InChI=1S/C26H20N4OS/c1-16-13-19(11-12-27-16)25-28-17(2)26-30(25)23-10-9-21(14-24(23)32-26)31-15-20-8-7-18-5-3-4-6-22(18)29-20/h3-14H,15H2,1-2H3. The highest BCUT2D eigenvalue weighted by atomic mass is 32.1. The molecule has 4 heterocycles. The van der Waals surface area contributed by atoms with E-state index in [0.29, 0.717) is 6.61 Å². The van der Waals surface area contributed by atoms with Gasteiger partial charge in [-0.05, 0) is 56.3 Å². The Morgan fingerprint density at radius 1 is 0.938 bits per heavy atom. The Morgan fingerprint density at radius 3 is 2.75 bits per heavy atom. The third kappa shape index (κ3) is 3.20. The van der Waals surface area contributed by atoms with E-state index < -0.39 is 0 Å². The van der Waals surface area contributed by atoms with Gasteiger partial charge in [0, 0.05) is 22.8 Å². The number of thiazole rings is 1. The van der Waals surface area contributed by atoms with Crippen molar-refractivity contribution < 1.29 is 4.74 Å². The van der Waals surface area contributed by atoms with Gasteiger partial charge >= 0.3 is 0 Å². The molecule has 0 aliphatic rings. The van der Waals surface area contributed by atoms with Gasteiger partial charge in [0.05, 0.1) is 27.1 Å². The molecule has 32 heavy (non-hydrogen) atoms. The number of ether oxygens (including phenoxy) is 1. The lowest BCUT2D eigenvalue weighted by Gasteiger charge is -2.07. The van der Waals surface area contributed by atoms with Gasteiger partial charge < -0.3 is 4.74 Å². The minimum atomic E-state index is 0.433. The van der Waals surface area contributed by atoms with Crippen LogP contribution in [0, 0.1) is 13.8 Å². The third-order valence-corrected chi connectivity index (χ3v) is 6.79. The molecule has 0 N–H and O–H groups in total. The van der Waals surface area contributed by atoms with Gasteiger partial charge in [0.2, 0.25) is 0 Å². The van der Waals surface area contributed by atoms with Crippen molar-refractivity contribution in [3.8, 4) is 17.1 Å². The van der Waals surface area contributed by atoms with Gasteiger partial charge in [0.1, 0.15) is 23.0 Å². The highest BCUT2D eigenvalue weighted by molar-refractivity contribution is 7.24. The van der Waals surface area contributed by atoms with Gasteiger partial charge in [0.15, 0.2) is 0 Å². The molecule has 156 valence electrons. The van der Waals surface area contributed by atoms with E-state index in [2.05, 4.69) is 46.6 Å². The Kier molecular flexibility index (Phi) is 4.40. The predicted molar refractivity (Wildman–Crippen MR) is 129 cm³/mol. The number of fused-ring (bicyclic) bond motifs is 4. The molecule has 0 bridgehead atoms. The minimum absolute atomic E-state index is 0.433. The van der Waals surface area contributed by atoms with Crippen LogP contribution in [0.5, 0.6) is 5.75 Å². The molecule has 0 amide bonds. The van der Waals surface area contributed by atoms with E-state index in [-0.39, 0.29) is 0 Å². The summed E-state index contributed by atoms with van der Waals surface area (Å²) < 4.78 is 9.50. The number of hydrogen-bond donors (Lipinski definition) is 0. The highest BCUT2D eigenvalue weighted by Gasteiger charge is 2.16. The van der Waals surface area contributed by atoms with Crippen molar-refractivity contribution in [1.29, 1.82) is 0 Å². The molecule has 6 heteroatoms. The van der Waals surface area contributed by atoms with Gasteiger partial charge in [-0.3, -0.25) is 9.38 Å². The normalized spacial score (nSPS) is 11.6. The molecule has 0 unspecified atom stereocenters. The summed E-state index contributed by atoms with van der Waals surface area (Å²) in [4.78, 5) is 15.0. The van der Waals surface area contributed by atoms with Gasteiger partial charge in [-0.1, -0.05) is 24.3 Å². The summed E-state index contributed by atoms with van der Waals surface area (Å²) >= 11 is 1.73. The van der Waals surface area contributed by atoms with Crippen LogP contribution in [0.4, 0.5) is 0 Å². The first-order chi connectivity index (χ1) is 15.7. The molecular formula is C26H20N4OS. The molecule has 0 spiro atoms. The number of aromatic nitrogens is 4. The zero-order valence-corrected chi connectivity index (χ0v) is 18.6. The zero-order chi connectivity index (χ0) is 21.7. The molecule has 0 fully saturated rings. The number of nitrogens with zero attached hydrogens (tertiary/aromatic N) is 4. The SMILES string of the molecule is Cc1cc(-c2nc(C)c3sc4cc(OCc5ccc6ccccc6n5)ccc4n23)ccn1. The Hall–Kier alpha value is -3.77. The van der Waals surface area contributed by atoms with Crippen LogP contribution in [-0.2, 0) is 6.61 Å². The summed E-state index contributed by atoms with van der Waals surface area (Å²) in [5.74, 6) is 1.78. The van der Waals surface area contributed by atoms with Crippen molar-refractivity contribution in [3.05, 3.63) is 90.0 Å². The second-order valence-corrected chi connectivity index (χ2v) is 8.89. The quantitative estimate of drug-likeness (QED) is 0.323. The van der Waals surface area contributed by atoms with Crippen molar-refractivity contribution in [1.82, 2.24) is 19.4 Å². The molecule has 0 radical (unpaired) electrons. The van der Waals surface area contributed by atoms with E-state index in [0.717, 1.165) is 55.5 Å². The van der Waals surface area contributed by atoms with Crippen LogP contribution in [-0.4, -0.2) is 19.4 Å². The van der Waals surface area contributed by atoms with E-state index in [9.17, 15) is 0 Å². The lowest BCUT2D eigenvalue weighted by molar-refractivity contribution is 0.302. The maximum absolute atomic E-state index is 6.09. The number of para-hydroxylation sites is 1. The lowest BCUT2D eigenvalue weighted by Crippen LogP contribution is -1.98. The lowest BCUT2D eigenvalue weighted by atomic mass is 10.2. The van der Waals surface area contributed by atoms with Crippen LogP contribution in [0.3, 0.4) is 0 Å². The highest BCUT2D eigenvalue weighted by Crippen LogP contribution is 2.35. The maximum Gasteiger partial charge on any atom is 0.146 e. The average molecular weight is 437 g/mol. The minimum Gasteiger partial charge on any atom is -0.487 e. The second kappa shape index (κ2) is 7.43. The fraction of sp³-hybridized carbons (Fsp3) is 0.115. The van der Waals surface area contributed by atoms with Gasteiger partial charge in [-0.2, -0.15) is 0 Å². The summed E-state index contributed by atoms with van der Waals surface area (Å²) in [5, 5.41) is 1.14. The van der Waals surface area contributed by atoms with Crippen LogP contribution < -0.4 is 4.74 Å². The molecule has 6 rings (SSSR count). The summed E-state index contributed by atoms with van der Waals surface area (Å²) in [6, 6.07) is 22.6. The smallest absolute Gasteiger partial charge is 0.146 e. The van der Waals surface area contributed by atoms with Crippen molar-refractivity contribution >= 4 is 37.3 Å². The molecule has 0 saturated carbocycles. The first kappa shape index (κ1) is 19.0. The molecule has 6 aromatic rings. The summed E-state index contributed by atoms with van der Waals surface area (Å²) in [6.07, 6.45) is 1.84. The first-order valence-electron chi connectivity index (χ1n) is 10.5. The topological polar surface area (TPSA) is 52.3 Å². The monoisotopic (exact) mass is 436 g/mol. The van der Waals surface area contributed by atoms with Crippen LogP contribution in [0.2, 0.25) is 0 Å². The van der Waals surface area contributed by atoms with Crippen LogP contribution in [0.1, 0.15) is 17.1 Å². The molecule has 0 aliphatic heterocycles. The molecule has 4 aromatic heterocycles. The zero-order valence-electron chi connectivity index (χ0n) is 17.7. The van der Waals surface area contributed by atoms with Gasteiger partial charge in [-0.25, -0.2) is 9.97 Å². The van der Waals surface area contributed by atoms with E-state index in [1.54, 1.807) is 11.3 Å². The summed E-state index contributed by atoms with van der Waals surface area (Å²) in [6.45, 7) is 4.49. The summed E-state index contributed by atoms with van der Waals surface area (Å²) in [7, 11) is 0. The number of benzene rings is 2. The number of hydrogen-bond acceptors (Lipinski definition) is 5. The van der Waals surface area contributed by atoms with E-state index in [4.69, 9.17) is 14.7 Å². The van der Waals surface area contributed by atoms with Crippen LogP contribution >= 0.6 is 11.3 Å². The van der Waals surface area contributed by atoms with Crippen molar-refractivity contribution in [3.63, 3.8) is 0 Å². The Bertz CT molecular complexity index is 1620. The first-order valence-corrected chi connectivity index (χ1v) is 11.3. The molecule has 0 aliphatic carbocycles. The summed E-state index contributed by atoms with van der Waals surface area (Å²) in [5.41, 5.74) is 6.11. The molecule has 5 nitrogen and oxygen atoms in total. The number of pyridine rings is 2. The Balaban J connectivity index is 1.35. The predicted octanol–water partition coefficient (Wildman–Crippen LogP) is 6.36. The molecule has 0 saturated heterocycles. The van der Waals surface area contributed by atoms with Crippen LogP contribution in [0.15, 0.2) is 72.9 Å². The number of imidazole rings is 1. The maximum atomic E-state index is 6.09. The second-order valence-electron chi connectivity index (χ2n) is 7.86. The van der Waals surface area contributed by atoms with Crippen molar-refractivity contribution in [2.45, 2.75) is 20.5 Å². The van der Waals surface area contributed by atoms with E-state index in [1.165, 1.54) is 4.70 Å². The van der Waals surface area contributed by atoms with E-state index in [1.807, 2.05) is 49.5 Å². The molecule has 0 atom stereocenters. The molecule has 2 aromatic carbocycles. The fourth-order valence-electron chi connectivity index (χ4n) is 4.04. The van der Waals surface area contributed by atoms with Gasteiger partial charge in [-0.15, -0.1) is 11.3 Å². The van der Waals surface area contributed by atoms with Crippen molar-refractivity contribution in [2.75, 3.05) is 0 Å².